The Hall–Kier alpha value is -4.45. The number of anilines is 1. The van der Waals surface area contributed by atoms with Crippen molar-refractivity contribution in [3.8, 4) is 23.0 Å². The van der Waals surface area contributed by atoms with Gasteiger partial charge in [-0.15, -0.1) is 0 Å². The van der Waals surface area contributed by atoms with Gasteiger partial charge in [0.05, 0.1) is 43.0 Å². The molecule has 1 aliphatic heterocycles. The molecule has 4 aromatic carbocycles. The number of halogens is 1. The standard InChI is InChI=1S/C33H32FN3O6S/c1-40-31-21-26-28(22-32(31)42-17-5-14-37-15-18-41-19-16-37)35-13-12-29(26)43-30-11-10-24(20-27(30)34)36-44(38,39)33-9-4-7-23-6-2-3-8-25(23)33/h2-4,6-13,20-22,36H,5,14-19H2,1H3. The Kier molecular flexibility index (Phi) is 8.78. The van der Waals surface area contributed by atoms with E-state index in [1.807, 2.05) is 18.2 Å². The van der Waals surface area contributed by atoms with Crippen molar-refractivity contribution in [3.63, 3.8) is 0 Å². The minimum Gasteiger partial charge on any atom is -0.493 e. The van der Waals surface area contributed by atoms with E-state index >= 15 is 4.39 Å². The van der Waals surface area contributed by atoms with Gasteiger partial charge in [-0.2, -0.15) is 0 Å². The second-order valence-electron chi connectivity index (χ2n) is 10.3. The number of fused-ring (bicyclic) bond motifs is 2. The minimum absolute atomic E-state index is 0.0689. The fourth-order valence-corrected chi connectivity index (χ4v) is 6.47. The van der Waals surface area contributed by atoms with Crippen LogP contribution in [0.4, 0.5) is 10.1 Å². The summed E-state index contributed by atoms with van der Waals surface area (Å²) < 4.78 is 67.1. The second-order valence-corrected chi connectivity index (χ2v) is 12.0. The number of nitrogens with one attached hydrogen (secondary N) is 1. The first kappa shape index (κ1) is 29.6. The van der Waals surface area contributed by atoms with E-state index in [2.05, 4.69) is 14.6 Å². The van der Waals surface area contributed by atoms with Crippen molar-refractivity contribution in [3.05, 3.63) is 90.9 Å². The van der Waals surface area contributed by atoms with Crippen molar-refractivity contribution in [2.24, 2.45) is 0 Å². The first-order chi connectivity index (χ1) is 21.4. The normalized spacial score (nSPS) is 14.0. The zero-order valence-electron chi connectivity index (χ0n) is 24.2. The van der Waals surface area contributed by atoms with Gasteiger partial charge in [0.1, 0.15) is 5.75 Å². The predicted octanol–water partition coefficient (Wildman–Crippen LogP) is 6.23. The lowest BCUT2D eigenvalue weighted by Crippen LogP contribution is -2.37. The van der Waals surface area contributed by atoms with Crippen molar-refractivity contribution in [2.45, 2.75) is 11.3 Å². The van der Waals surface area contributed by atoms with Crippen LogP contribution in [0.25, 0.3) is 21.7 Å². The summed E-state index contributed by atoms with van der Waals surface area (Å²) in [4.78, 5) is 6.89. The largest absolute Gasteiger partial charge is 0.493 e. The van der Waals surface area contributed by atoms with Crippen LogP contribution in [0.15, 0.2) is 90.0 Å². The minimum atomic E-state index is -3.98. The molecule has 6 rings (SSSR count). The third-order valence-corrected chi connectivity index (χ3v) is 8.85. The van der Waals surface area contributed by atoms with E-state index in [-0.39, 0.29) is 16.3 Å². The summed E-state index contributed by atoms with van der Waals surface area (Å²) in [5.41, 5.74) is 0.658. The van der Waals surface area contributed by atoms with Gasteiger partial charge in [-0.3, -0.25) is 14.6 Å². The molecule has 2 heterocycles. The Balaban J connectivity index is 1.17. The van der Waals surface area contributed by atoms with Gasteiger partial charge in [0.25, 0.3) is 10.0 Å². The van der Waals surface area contributed by atoms with Gasteiger partial charge in [0.15, 0.2) is 23.1 Å². The van der Waals surface area contributed by atoms with Gasteiger partial charge >= 0.3 is 0 Å². The van der Waals surface area contributed by atoms with Gasteiger partial charge in [-0.05, 0) is 42.1 Å². The average Bonchev–Trinajstić information content (AvgIpc) is 3.04. The summed E-state index contributed by atoms with van der Waals surface area (Å²) in [5.74, 6) is 0.601. The lowest BCUT2D eigenvalue weighted by molar-refractivity contribution is 0.0357. The molecular formula is C33H32FN3O6S. The maximum atomic E-state index is 15.3. The molecule has 9 nitrogen and oxygen atoms in total. The fourth-order valence-electron chi connectivity index (χ4n) is 5.19. The molecule has 228 valence electrons. The maximum absolute atomic E-state index is 15.3. The van der Waals surface area contributed by atoms with E-state index in [0.29, 0.717) is 40.1 Å². The number of morpholine rings is 1. The molecule has 1 fully saturated rings. The predicted molar refractivity (Wildman–Crippen MR) is 167 cm³/mol. The van der Waals surface area contributed by atoms with Gasteiger partial charge in [-0.1, -0.05) is 36.4 Å². The Morgan fingerprint density at radius 1 is 0.909 bits per heavy atom. The van der Waals surface area contributed by atoms with Crippen molar-refractivity contribution in [1.29, 1.82) is 0 Å². The molecule has 0 unspecified atom stereocenters. The Labute approximate surface area is 255 Å². The van der Waals surface area contributed by atoms with Gasteiger partial charge in [0, 0.05) is 48.7 Å². The van der Waals surface area contributed by atoms with Crippen molar-refractivity contribution >= 4 is 37.4 Å². The van der Waals surface area contributed by atoms with Crippen LogP contribution in [-0.4, -0.2) is 64.9 Å². The van der Waals surface area contributed by atoms with E-state index in [1.165, 1.54) is 18.2 Å². The number of hydrogen-bond donors (Lipinski definition) is 1. The highest BCUT2D eigenvalue weighted by atomic mass is 32.2. The number of sulfonamides is 1. The van der Waals surface area contributed by atoms with Crippen LogP contribution in [0.5, 0.6) is 23.0 Å². The van der Waals surface area contributed by atoms with E-state index in [9.17, 15) is 8.42 Å². The van der Waals surface area contributed by atoms with Crippen LogP contribution in [0, 0.1) is 5.82 Å². The van der Waals surface area contributed by atoms with Crippen LogP contribution < -0.4 is 18.9 Å². The van der Waals surface area contributed by atoms with Crippen LogP contribution >= 0.6 is 0 Å². The highest BCUT2D eigenvalue weighted by Gasteiger charge is 2.19. The number of rotatable bonds is 11. The summed E-state index contributed by atoms with van der Waals surface area (Å²) >= 11 is 0. The topological polar surface area (TPSA) is 99.2 Å². The smallest absolute Gasteiger partial charge is 0.262 e. The fraction of sp³-hybridized carbons (Fsp3) is 0.242. The SMILES string of the molecule is COc1cc2c(Oc3ccc(NS(=O)(=O)c4cccc5ccccc45)cc3F)ccnc2cc1OCCCN1CCOCC1. The summed E-state index contributed by atoms with van der Waals surface area (Å²) in [6, 6.07) is 21.3. The summed E-state index contributed by atoms with van der Waals surface area (Å²) in [7, 11) is -2.43. The van der Waals surface area contributed by atoms with Crippen LogP contribution in [0.2, 0.25) is 0 Å². The molecule has 0 bridgehead atoms. The lowest BCUT2D eigenvalue weighted by Gasteiger charge is -2.26. The van der Waals surface area contributed by atoms with Gasteiger partial charge in [0.2, 0.25) is 0 Å². The highest BCUT2D eigenvalue weighted by Crippen LogP contribution is 2.38. The molecule has 11 heteroatoms. The van der Waals surface area contributed by atoms with Crippen LogP contribution in [-0.2, 0) is 14.8 Å². The quantitative estimate of drug-likeness (QED) is 0.174. The lowest BCUT2D eigenvalue weighted by atomic mass is 10.1. The Morgan fingerprint density at radius 2 is 1.73 bits per heavy atom. The molecular weight excluding hydrogens is 585 g/mol. The summed E-state index contributed by atoms with van der Waals surface area (Å²) in [5, 5.41) is 1.96. The zero-order valence-corrected chi connectivity index (χ0v) is 25.0. The number of aromatic nitrogens is 1. The number of benzene rings is 4. The molecule has 1 N–H and O–H groups in total. The molecule has 44 heavy (non-hydrogen) atoms. The Morgan fingerprint density at radius 3 is 2.55 bits per heavy atom. The molecule has 0 amide bonds. The maximum Gasteiger partial charge on any atom is 0.262 e. The third kappa shape index (κ3) is 6.54. The van der Waals surface area contributed by atoms with E-state index in [0.717, 1.165) is 50.7 Å². The van der Waals surface area contributed by atoms with E-state index in [1.54, 1.807) is 49.7 Å². The van der Waals surface area contributed by atoms with Crippen molar-refractivity contribution < 1.29 is 31.8 Å². The van der Waals surface area contributed by atoms with Crippen LogP contribution in [0.1, 0.15) is 6.42 Å². The van der Waals surface area contributed by atoms with Crippen molar-refractivity contribution in [1.82, 2.24) is 9.88 Å². The number of nitrogens with zero attached hydrogens (tertiary/aromatic N) is 2. The molecule has 1 aliphatic rings. The van der Waals surface area contributed by atoms with Gasteiger partial charge in [-0.25, -0.2) is 12.8 Å². The summed E-state index contributed by atoms with van der Waals surface area (Å²) in [6.45, 7) is 4.80. The molecule has 1 saturated heterocycles. The van der Waals surface area contributed by atoms with E-state index in [4.69, 9.17) is 18.9 Å². The molecule has 5 aromatic rings. The third-order valence-electron chi connectivity index (χ3n) is 7.41. The molecule has 0 spiro atoms. The Bertz CT molecular complexity index is 1890. The number of hydrogen-bond acceptors (Lipinski definition) is 8. The highest BCUT2D eigenvalue weighted by molar-refractivity contribution is 7.93. The molecule has 0 saturated carbocycles. The van der Waals surface area contributed by atoms with Crippen LogP contribution in [0.3, 0.4) is 0 Å². The van der Waals surface area contributed by atoms with E-state index < -0.39 is 15.8 Å². The number of pyridine rings is 1. The molecule has 0 atom stereocenters. The number of ether oxygens (including phenoxy) is 4. The summed E-state index contributed by atoms with van der Waals surface area (Å²) in [6.07, 6.45) is 2.42. The number of methoxy groups -OCH3 is 1. The van der Waals surface area contributed by atoms with Crippen molar-refractivity contribution in [2.75, 3.05) is 51.3 Å². The van der Waals surface area contributed by atoms with Gasteiger partial charge < -0.3 is 18.9 Å². The first-order valence-electron chi connectivity index (χ1n) is 14.3. The first-order valence-corrected chi connectivity index (χ1v) is 15.8. The second kappa shape index (κ2) is 13.0. The zero-order chi connectivity index (χ0) is 30.5. The monoisotopic (exact) mass is 617 g/mol. The molecule has 0 radical (unpaired) electrons. The average molecular weight is 618 g/mol. The molecule has 0 aliphatic carbocycles. The molecule has 1 aromatic heterocycles.